The van der Waals surface area contributed by atoms with Crippen LogP contribution in [0.4, 0.5) is 5.82 Å². The van der Waals surface area contributed by atoms with Crippen molar-refractivity contribution in [1.29, 1.82) is 0 Å². The van der Waals surface area contributed by atoms with Gasteiger partial charge in [-0.1, -0.05) is 32.0 Å². The van der Waals surface area contributed by atoms with Crippen molar-refractivity contribution in [3.63, 3.8) is 0 Å². The van der Waals surface area contributed by atoms with Crippen molar-refractivity contribution in [1.82, 2.24) is 9.78 Å². The Morgan fingerprint density at radius 3 is 2.35 bits per heavy atom. The first-order chi connectivity index (χ1) is 9.29. The molecule has 0 bridgehead atoms. The largest absolute Gasteiger partial charge is 0.383 e. The fraction of sp³-hybridized carbons (Fsp3) is 0.357. The molecule has 0 radical (unpaired) electrons. The summed E-state index contributed by atoms with van der Waals surface area (Å²) in [4.78, 5) is 0. The first-order valence-corrected chi connectivity index (χ1v) is 8.46. The molecule has 1 aromatic carbocycles. The van der Waals surface area contributed by atoms with Gasteiger partial charge in [0.25, 0.3) is 0 Å². The third kappa shape index (κ3) is 3.01. The molecule has 2 rings (SSSR count). The van der Waals surface area contributed by atoms with Crippen LogP contribution in [0.25, 0.3) is 5.69 Å². The number of rotatable bonds is 4. The number of anilines is 1. The van der Waals surface area contributed by atoms with Crippen LogP contribution in [0.15, 0.2) is 30.3 Å². The monoisotopic (exact) mass is 293 g/mol. The lowest BCUT2D eigenvalue weighted by Gasteiger charge is -2.07. The summed E-state index contributed by atoms with van der Waals surface area (Å²) in [6.07, 6.45) is 1.20. The van der Waals surface area contributed by atoms with Crippen LogP contribution in [-0.4, -0.2) is 24.5 Å². The molecule has 1 heterocycles. The lowest BCUT2D eigenvalue weighted by Crippen LogP contribution is -2.05. The summed E-state index contributed by atoms with van der Waals surface area (Å²) in [5.74, 6) is 0.527. The Hall–Kier alpha value is -1.82. The van der Waals surface area contributed by atoms with E-state index >= 15 is 0 Å². The van der Waals surface area contributed by atoms with E-state index in [1.54, 1.807) is 4.68 Å². The molecule has 0 amide bonds. The quantitative estimate of drug-likeness (QED) is 0.936. The van der Waals surface area contributed by atoms with Gasteiger partial charge >= 0.3 is 0 Å². The molecule has 2 aromatic rings. The highest BCUT2D eigenvalue weighted by atomic mass is 32.2. The summed E-state index contributed by atoms with van der Waals surface area (Å²) in [6.45, 7) is 3.96. The molecule has 0 aliphatic carbocycles. The summed E-state index contributed by atoms with van der Waals surface area (Å²) in [7, 11) is -3.15. The maximum atomic E-state index is 11.5. The van der Waals surface area contributed by atoms with Gasteiger partial charge in [0.05, 0.1) is 17.1 Å². The minimum Gasteiger partial charge on any atom is -0.383 e. The van der Waals surface area contributed by atoms with Crippen LogP contribution >= 0.6 is 0 Å². The number of aromatic nitrogens is 2. The van der Waals surface area contributed by atoms with E-state index in [1.165, 1.54) is 6.26 Å². The van der Waals surface area contributed by atoms with Crippen molar-refractivity contribution in [2.45, 2.75) is 25.5 Å². The van der Waals surface area contributed by atoms with Crippen molar-refractivity contribution in [2.75, 3.05) is 12.0 Å². The Bertz CT molecular complexity index is 704. The van der Waals surface area contributed by atoms with Crippen molar-refractivity contribution < 1.29 is 8.42 Å². The summed E-state index contributed by atoms with van der Waals surface area (Å²) in [5.41, 5.74) is 8.32. The fourth-order valence-electron chi connectivity index (χ4n) is 2.24. The molecule has 1 aromatic heterocycles. The molecule has 5 nitrogen and oxygen atoms in total. The SMILES string of the molecule is CC(C)c1c(CS(C)(=O)=O)nn(-c2ccccc2)c1N. The van der Waals surface area contributed by atoms with Crippen LogP contribution in [0.5, 0.6) is 0 Å². The number of para-hydroxylation sites is 1. The van der Waals surface area contributed by atoms with Gasteiger partial charge in [-0.15, -0.1) is 0 Å². The number of nitrogens with zero attached hydrogens (tertiary/aromatic N) is 2. The van der Waals surface area contributed by atoms with E-state index in [0.29, 0.717) is 11.5 Å². The van der Waals surface area contributed by atoms with Gasteiger partial charge in [-0.05, 0) is 18.1 Å². The summed E-state index contributed by atoms with van der Waals surface area (Å²) in [5, 5.41) is 4.40. The molecule has 0 saturated heterocycles. The minimum atomic E-state index is -3.15. The zero-order valence-corrected chi connectivity index (χ0v) is 12.7. The van der Waals surface area contributed by atoms with Crippen LogP contribution in [0.2, 0.25) is 0 Å². The van der Waals surface area contributed by atoms with E-state index in [1.807, 2.05) is 44.2 Å². The Morgan fingerprint density at radius 1 is 1.25 bits per heavy atom. The molecule has 0 aliphatic heterocycles. The predicted molar refractivity (Wildman–Crippen MR) is 80.6 cm³/mol. The van der Waals surface area contributed by atoms with Crippen molar-refractivity contribution in [3.05, 3.63) is 41.6 Å². The molecule has 0 aliphatic rings. The van der Waals surface area contributed by atoms with E-state index < -0.39 is 9.84 Å². The lowest BCUT2D eigenvalue weighted by molar-refractivity contribution is 0.599. The highest BCUT2D eigenvalue weighted by molar-refractivity contribution is 7.89. The molecule has 0 atom stereocenters. The van der Waals surface area contributed by atoms with Crippen LogP contribution < -0.4 is 5.73 Å². The Balaban J connectivity index is 2.59. The van der Waals surface area contributed by atoms with Gasteiger partial charge in [-0.25, -0.2) is 13.1 Å². The molecule has 0 spiro atoms. The van der Waals surface area contributed by atoms with Gasteiger partial charge in [0, 0.05) is 11.8 Å². The van der Waals surface area contributed by atoms with E-state index in [4.69, 9.17) is 5.73 Å². The fourth-order valence-corrected chi connectivity index (χ4v) is 2.95. The Morgan fingerprint density at radius 2 is 1.85 bits per heavy atom. The second-order valence-electron chi connectivity index (χ2n) is 5.22. The third-order valence-corrected chi connectivity index (χ3v) is 3.81. The zero-order valence-electron chi connectivity index (χ0n) is 11.9. The first-order valence-electron chi connectivity index (χ1n) is 6.40. The second-order valence-corrected chi connectivity index (χ2v) is 7.36. The zero-order chi connectivity index (χ0) is 14.9. The molecule has 0 saturated carbocycles. The van der Waals surface area contributed by atoms with Gasteiger partial charge in [0.15, 0.2) is 9.84 Å². The van der Waals surface area contributed by atoms with Crippen LogP contribution in [0.1, 0.15) is 31.0 Å². The molecular weight excluding hydrogens is 274 g/mol. The molecule has 0 unspecified atom stereocenters. The molecular formula is C14H19N3O2S. The Kier molecular flexibility index (Phi) is 3.85. The third-order valence-electron chi connectivity index (χ3n) is 3.01. The van der Waals surface area contributed by atoms with E-state index in [2.05, 4.69) is 5.10 Å². The van der Waals surface area contributed by atoms with Gasteiger partial charge in [0.2, 0.25) is 0 Å². The highest BCUT2D eigenvalue weighted by Crippen LogP contribution is 2.29. The molecule has 20 heavy (non-hydrogen) atoms. The first kappa shape index (κ1) is 14.6. The van der Waals surface area contributed by atoms with Gasteiger partial charge in [-0.2, -0.15) is 5.10 Å². The van der Waals surface area contributed by atoms with Crippen LogP contribution in [-0.2, 0) is 15.6 Å². The summed E-state index contributed by atoms with van der Waals surface area (Å²) < 4.78 is 24.7. The van der Waals surface area contributed by atoms with Gasteiger partial charge in [-0.3, -0.25) is 0 Å². The normalized spacial score (nSPS) is 12.0. The average molecular weight is 293 g/mol. The smallest absolute Gasteiger partial charge is 0.153 e. The number of nitrogens with two attached hydrogens (primary N) is 1. The van der Waals surface area contributed by atoms with Crippen molar-refractivity contribution in [3.8, 4) is 5.69 Å². The topological polar surface area (TPSA) is 78.0 Å². The second kappa shape index (κ2) is 5.28. The van der Waals surface area contributed by atoms with E-state index in [0.717, 1.165) is 11.3 Å². The number of nitrogen functional groups attached to an aromatic ring is 1. The molecule has 6 heteroatoms. The minimum absolute atomic E-state index is 0.0927. The van der Waals surface area contributed by atoms with Gasteiger partial charge in [0.1, 0.15) is 5.82 Å². The Labute approximate surface area is 119 Å². The number of hydrogen-bond donors (Lipinski definition) is 1. The summed E-state index contributed by atoms with van der Waals surface area (Å²) in [6, 6.07) is 9.46. The molecule has 0 fully saturated rings. The number of benzene rings is 1. The van der Waals surface area contributed by atoms with Crippen LogP contribution in [0, 0.1) is 0 Å². The maximum Gasteiger partial charge on any atom is 0.153 e. The van der Waals surface area contributed by atoms with E-state index in [-0.39, 0.29) is 11.7 Å². The van der Waals surface area contributed by atoms with Gasteiger partial charge < -0.3 is 5.73 Å². The maximum absolute atomic E-state index is 11.5. The van der Waals surface area contributed by atoms with Crippen molar-refractivity contribution >= 4 is 15.7 Å². The lowest BCUT2D eigenvalue weighted by atomic mass is 10.0. The molecule has 108 valence electrons. The van der Waals surface area contributed by atoms with Crippen molar-refractivity contribution in [2.24, 2.45) is 0 Å². The average Bonchev–Trinajstić information content (AvgIpc) is 2.65. The highest BCUT2D eigenvalue weighted by Gasteiger charge is 2.21. The molecule has 2 N–H and O–H groups in total. The summed E-state index contributed by atoms with van der Waals surface area (Å²) >= 11 is 0. The van der Waals surface area contributed by atoms with E-state index in [9.17, 15) is 8.42 Å². The number of sulfone groups is 1. The standard InChI is InChI=1S/C14H19N3O2S/c1-10(2)13-12(9-20(3,18)19)16-17(14(13)15)11-7-5-4-6-8-11/h4-8,10H,9,15H2,1-3H3. The predicted octanol–water partition coefficient (Wildman–Crippen LogP) is 2.12. The van der Waals surface area contributed by atoms with Crippen LogP contribution in [0.3, 0.4) is 0 Å². The number of hydrogen-bond acceptors (Lipinski definition) is 4.